The Bertz CT molecular complexity index is 268. The van der Waals surface area contributed by atoms with Crippen molar-refractivity contribution in [2.24, 2.45) is 0 Å². The highest BCUT2D eigenvalue weighted by Crippen LogP contribution is 2.32. The third kappa shape index (κ3) is 3.26. The average molecular weight is 209 g/mol. The van der Waals surface area contributed by atoms with E-state index >= 15 is 0 Å². The minimum absolute atomic E-state index is 0.561. The molecule has 2 heteroatoms. The molecule has 0 spiro atoms. The Kier molecular flexibility index (Phi) is 4.33. The van der Waals surface area contributed by atoms with Gasteiger partial charge in [-0.2, -0.15) is 11.8 Å². The maximum absolute atomic E-state index is 5.65. The van der Waals surface area contributed by atoms with Crippen molar-refractivity contribution in [3.8, 4) is 0 Å². The lowest BCUT2D eigenvalue weighted by Gasteiger charge is -2.16. The van der Waals surface area contributed by atoms with Crippen LogP contribution in [-0.4, -0.2) is 5.25 Å². The molecule has 1 nitrogen and oxygen atoms in total. The number of nitrogens with two attached hydrogens (primary N) is 1. The first-order chi connectivity index (χ1) is 6.63. The molecule has 1 rings (SSSR count). The van der Waals surface area contributed by atoms with Crippen LogP contribution >= 0.6 is 11.8 Å². The molecular weight excluding hydrogens is 190 g/mol. The summed E-state index contributed by atoms with van der Waals surface area (Å²) in [7, 11) is 0. The summed E-state index contributed by atoms with van der Waals surface area (Å²) < 4.78 is 0. The van der Waals surface area contributed by atoms with E-state index in [2.05, 4.69) is 32.9 Å². The highest BCUT2D eigenvalue weighted by atomic mass is 32.2. The van der Waals surface area contributed by atoms with Gasteiger partial charge in [0.15, 0.2) is 0 Å². The summed E-state index contributed by atoms with van der Waals surface area (Å²) in [6, 6.07) is 8.19. The summed E-state index contributed by atoms with van der Waals surface area (Å²) in [5.41, 5.74) is 7.85. The molecular formula is C12H19NS. The number of benzene rings is 1. The summed E-state index contributed by atoms with van der Waals surface area (Å²) in [5.74, 6) is 0. The van der Waals surface area contributed by atoms with Crippen molar-refractivity contribution in [2.45, 2.75) is 37.7 Å². The van der Waals surface area contributed by atoms with Gasteiger partial charge < -0.3 is 5.73 Å². The molecule has 0 saturated carbocycles. The van der Waals surface area contributed by atoms with E-state index in [0.717, 1.165) is 10.9 Å². The first-order valence-electron chi connectivity index (χ1n) is 5.14. The highest BCUT2D eigenvalue weighted by molar-refractivity contribution is 8.00. The molecule has 2 atom stereocenters. The summed E-state index contributed by atoms with van der Waals surface area (Å²) in [4.78, 5) is 0. The largest absolute Gasteiger partial charge is 0.399 e. The van der Waals surface area contributed by atoms with Gasteiger partial charge in [0.2, 0.25) is 0 Å². The Morgan fingerprint density at radius 3 is 2.29 bits per heavy atom. The number of rotatable bonds is 4. The van der Waals surface area contributed by atoms with Gasteiger partial charge in [-0.15, -0.1) is 0 Å². The molecule has 0 bridgehead atoms. The fraction of sp³-hybridized carbons (Fsp3) is 0.500. The molecule has 0 saturated heterocycles. The van der Waals surface area contributed by atoms with E-state index in [-0.39, 0.29) is 0 Å². The molecule has 0 aliphatic heterocycles. The molecule has 0 heterocycles. The maximum Gasteiger partial charge on any atom is 0.0314 e. The van der Waals surface area contributed by atoms with Crippen molar-refractivity contribution in [1.82, 2.24) is 0 Å². The predicted octanol–water partition coefficient (Wildman–Crippen LogP) is 3.86. The summed E-state index contributed by atoms with van der Waals surface area (Å²) >= 11 is 2.02. The Labute approximate surface area is 91.1 Å². The Morgan fingerprint density at radius 2 is 1.79 bits per heavy atom. The van der Waals surface area contributed by atoms with Crippen molar-refractivity contribution < 1.29 is 0 Å². The van der Waals surface area contributed by atoms with E-state index < -0.39 is 0 Å². The second-order valence-electron chi connectivity index (χ2n) is 3.66. The number of hydrogen-bond donors (Lipinski definition) is 1. The predicted molar refractivity (Wildman–Crippen MR) is 66.6 cm³/mol. The molecule has 78 valence electrons. The molecule has 0 fully saturated rings. The summed E-state index contributed by atoms with van der Waals surface area (Å²) in [6.07, 6.45) is 1.23. The molecule has 2 N–H and O–H groups in total. The fourth-order valence-electron chi connectivity index (χ4n) is 1.29. The minimum Gasteiger partial charge on any atom is -0.399 e. The van der Waals surface area contributed by atoms with Crippen LogP contribution in [0.15, 0.2) is 24.3 Å². The number of hydrogen-bond acceptors (Lipinski definition) is 2. The monoisotopic (exact) mass is 209 g/mol. The average Bonchev–Trinajstić information content (AvgIpc) is 2.18. The van der Waals surface area contributed by atoms with Crippen molar-refractivity contribution in [3.63, 3.8) is 0 Å². The third-order valence-electron chi connectivity index (χ3n) is 2.42. The standard InChI is InChI=1S/C12H19NS/c1-4-9(2)14-10(3)11-5-7-12(13)8-6-11/h5-10H,4,13H2,1-3H3. The topological polar surface area (TPSA) is 26.0 Å². The quantitative estimate of drug-likeness (QED) is 0.762. The third-order valence-corrected chi connectivity index (χ3v) is 3.90. The molecule has 2 unspecified atom stereocenters. The molecule has 0 aromatic heterocycles. The van der Waals surface area contributed by atoms with E-state index in [9.17, 15) is 0 Å². The van der Waals surface area contributed by atoms with Crippen LogP contribution in [0.25, 0.3) is 0 Å². The lowest BCUT2D eigenvalue weighted by molar-refractivity contribution is 0.895. The van der Waals surface area contributed by atoms with Crippen LogP contribution in [0.4, 0.5) is 5.69 Å². The van der Waals surface area contributed by atoms with Gasteiger partial charge in [0.05, 0.1) is 0 Å². The normalized spacial score (nSPS) is 15.1. The van der Waals surface area contributed by atoms with E-state index in [4.69, 9.17) is 5.73 Å². The van der Waals surface area contributed by atoms with Gasteiger partial charge in [-0.25, -0.2) is 0 Å². The zero-order valence-corrected chi connectivity index (χ0v) is 9.97. The zero-order valence-electron chi connectivity index (χ0n) is 9.16. The molecule has 0 radical (unpaired) electrons. The van der Waals surface area contributed by atoms with Gasteiger partial charge >= 0.3 is 0 Å². The minimum atomic E-state index is 0.561. The van der Waals surface area contributed by atoms with Gasteiger partial charge in [-0.3, -0.25) is 0 Å². The van der Waals surface area contributed by atoms with Crippen molar-refractivity contribution in [2.75, 3.05) is 5.73 Å². The van der Waals surface area contributed by atoms with Gasteiger partial charge in [0.25, 0.3) is 0 Å². The molecule has 0 amide bonds. The molecule has 14 heavy (non-hydrogen) atoms. The van der Waals surface area contributed by atoms with Crippen molar-refractivity contribution in [1.29, 1.82) is 0 Å². The molecule has 1 aromatic rings. The summed E-state index contributed by atoms with van der Waals surface area (Å²) in [6.45, 7) is 6.76. The second kappa shape index (κ2) is 5.30. The van der Waals surface area contributed by atoms with E-state index in [1.165, 1.54) is 12.0 Å². The lowest BCUT2D eigenvalue weighted by atomic mass is 10.1. The molecule has 1 aromatic carbocycles. The Morgan fingerprint density at radius 1 is 1.21 bits per heavy atom. The first-order valence-corrected chi connectivity index (χ1v) is 6.08. The van der Waals surface area contributed by atoms with Gasteiger partial charge in [0.1, 0.15) is 0 Å². The van der Waals surface area contributed by atoms with Crippen LogP contribution in [0.5, 0.6) is 0 Å². The van der Waals surface area contributed by atoms with E-state index in [1.54, 1.807) is 0 Å². The van der Waals surface area contributed by atoms with Crippen molar-refractivity contribution in [3.05, 3.63) is 29.8 Å². The number of thioether (sulfide) groups is 1. The smallest absolute Gasteiger partial charge is 0.0314 e. The van der Waals surface area contributed by atoms with Gasteiger partial charge in [0, 0.05) is 16.2 Å². The summed E-state index contributed by atoms with van der Waals surface area (Å²) in [5, 5.41) is 1.29. The van der Waals surface area contributed by atoms with Gasteiger partial charge in [-0.05, 0) is 31.0 Å². The van der Waals surface area contributed by atoms with Crippen LogP contribution in [0.1, 0.15) is 38.0 Å². The van der Waals surface area contributed by atoms with Crippen LogP contribution in [0, 0.1) is 0 Å². The Hall–Kier alpha value is -0.630. The zero-order chi connectivity index (χ0) is 10.6. The van der Waals surface area contributed by atoms with Crippen LogP contribution in [0.2, 0.25) is 0 Å². The number of nitrogen functional groups attached to an aromatic ring is 1. The molecule has 0 aliphatic carbocycles. The van der Waals surface area contributed by atoms with Crippen molar-refractivity contribution >= 4 is 17.4 Å². The van der Waals surface area contributed by atoms with E-state index in [1.807, 2.05) is 23.9 Å². The lowest BCUT2D eigenvalue weighted by Crippen LogP contribution is -1.98. The molecule has 0 aliphatic rings. The van der Waals surface area contributed by atoms with Crippen LogP contribution in [-0.2, 0) is 0 Å². The first kappa shape index (κ1) is 11.4. The van der Waals surface area contributed by atoms with Crippen LogP contribution in [0.3, 0.4) is 0 Å². The maximum atomic E-state index is 5.65. The SMILES string of the molecule is CCC(C)SC(C)c1ccc(N)cc1. The van der Waals surface area contributed by atoms with Gasteiger partial charge in [-0.1, -0.05) is 26.0 Å². The highest BCUT2D eigenvalue weighted by Gasteiger charge is 2.09. The number of anilines is 1. The van der Waals surface area contributed by atoms with E-state index in [0.29, 0.717) is 5.25 Å². The van der Waals surface area contributed by atoms with Crippen LogP contribution < -0.4 is 5.73 Å². The second-order valence-corrected chi connectivity index (χ2v) is 5.45. The Balaban J connectivity index is 2.60. The fourth-order valence-corrected chi connectivity index (χ4v) is 2.49.